The van der Waals surface area contributed by atoms with Crippen molar-refractivity contribution in [3.8, 4) is 0 Å². The fourth-order valence-electron chi connectivity index (χ4n) is 2.10. The molecule has 1 aromatic carbocycles. The molecule has 100 valence electrons. The Bertz CT molecular complexity index is 388. The number of likely N-dealkylation sites (N-methyl/N-ethyl adjacent to an activating group) is 1. The van der Waals surface area contributed by atoms with Gasteiger partial charge in [-0.15, -0.1) is 12.4 Å². The summed E-state index contributed by atoms with van der Waals surface area (Å²) in [5.74, 6) is 0.178. The summed E-state index contributed by atoms with van der Waals surface area (Å²) in [6.45, 7) is 1.58. The highest BCUT2D eigenvalue weighted by Crippen LogP contribution is 2.13. The number of carbonyl (C=O) groups excluding carboxylic acids is 1. The van der Waals surface area contributed by atoms with E-state index in [-0.39, 0.29) is 24.4 Å². The van der Waals surface area contributed by atoms with Gasteiger partial charge in [-0.3, -0.25) is 4.79 Å². The molecule has 18 heavy (non-hydrogen) atoms. The van der Waals surface area contributed by atoms with Crippen LogP contribution in [0.5, 0.6) is 0 Å². The lowest BCUT2D eigenvalue weighted by atomic mass is 10.1. The molecular formula is C13H18Cl2N2O. The van der Waals surface area contributed by atoms with E-state index in [0.29, 0.717) is 6.54 Å². The second-order valence-electron chi connectivity index (χ2n) is 4.47. The van der Waals surface area contributed by atoms with Gasteiger partial charge >= 0.3 is 0 Å². The van der Waals surface area contributed by atoms with Crippen molar-refractivity contribution in [2.45, 2.75) is 25.4 Å². The first kappa shape index (κ1) is 15.3. The molecule has 1 amide bonds. The molecule has 1 aliphatic heterocycles. The molecule has 1 N–H and O–H groups in total. The molecule has 0 spiro atoms. The van der Waals surface area contributed by atoms with Crippen LogP contribution in [-0.4, -0.2) is 30.4 Å². The van der Waals surface area contributed by atoms with Gasteiger partial charge in [-0.1, -0.05) is 23.7 Å². The number of halogens is 2. The molecule has 1 saturated heterocycles. The zero-order valence-corrected chi connectivity index (χ0v) is 11.9. The summed E-state index contributed by atoms with van der Waals surface area (Å²) in [6, 6.07) is 7.61. The monoisotopic (exact) mass is 288 g/mol. The van der Waals surface area contributed by atoms with Crippen LogP contribution < -0.4 is 5.32 Å². The molecule has 1 aromatic rings. The highest BCUT2D eigenvalue weighted by Gasteiger charge is 2.24. The van der Waals surface area contributed by atoms with Crippen LogP contribution in [-0.2, 0) is 11.3 Å². The van der Waals surface area contributed by atoms with E-state index in [0.717, 1.165) is 30.0 Å². The topological polar surface area (TPSA) is 32.3 Å². The van der Waals surface area contributed by atoms with E-state index in [1.165, 1.54) is 0 Å². The van der Waals surface area contributed by atoms with E-state index in [4.69, 9.17) is 11.6 Å². The largest absolute Gasteiger partial charge is 0.340 e. The van der Waals surface area contributed by atoms with Crippen molar-refractivity contribution in [3.63, 3.8) is 0 Å². The van der Waals surface area contributed by atoms with Gasteiger partial charge in [0.2, 0.25) is 5.91 Å². The Hall–Kier alpha value is -0.770. The van der Waals surface area contributed by atoms with Gasteiger partial charge in [0.25, 0.3) is 0 Å². The van der Waals surface area contributed by atoms with Gasteiger partial charge in [-0.05, 0) is 37.1 Å². The molecule has 1 unspecified atom stereocenters. The Balaban J connectivity index is 0.00000162. The van der Waals surface area contributed by atoms with E-state index in [2.05, 4.69) is 5.32 Å². The molecule has 0 aliphatic carbocycles. The lowest BCUT2D eigenvalue weighted by Gasteiger charge is -2.21. The van der Waals surface area contributed by atoms with Gasteiger partial charge in [0, 0.05) is 18.6 Å². The van der Waals surface area contributed by atoms with E-state index in [1.807, 2.05) is 31.3 Å². The summed E-state index contributed by atoms with van der Waals surface area (Å²) >= 11 is 5.82. The van der Waals surface area contributed by atoms with Gasteiger partial charge in [0.05, 0.1) is 6.04 Å². The number of rotatable bonds is 3. The van der Waals surface area contributed by atoms with Crippen LogP contribution in [0.3, 0.4) is 0 Å². The minimum atomic E-state index is 0. The molecule has 0 saturated carbocycles. The standard InChI is InChI=1S/C13H17ClN2O.ClH/c1-16(13(17)12-3-2-8-15-12)9-10-4-6-11(14)7-5-10;/h4-7,12,15H,2-3,8-9H2,1H3;1H. The minimum Gasteiger partial charge on any atom is -0.340 e. The Morgan fingerprint density at radius 3 is 2.67 bits per heavy atom. The molecule has 0 aromatic heterocycles. The number of carbonyl (C=O) groups is 1. The summed E-state index contributed by atoms with van der Waals surface area (Å²) < 4.78 is 0. The zero-order valence-electron chi connectivity index (χ0n) is 10.4. The maximum absolute atomic E-state index is 12.1. The minimum absolute atomic E-state index is 0. The van der Waals surface area contributed by atoms with Crippen LogP contribution in [0.1, 0.15) is 18.4 Å². The molecule has 1 fully saturated rings. The fourth-order valence-corrected chi connectivity index (χ4v) is 2.23. The Kier molecular flexibility index (Phi) is 5.93. The SMILES string of the molecule is CN(Cc1ccc(Cl)cc1)C(=O)C1CCCN1.Cl. The molecular weight excluding hydrogens is 271 g/mol. The molecule has 0 bridgehead atoms. The van der Waals surface area contributed by atoms with Crippen LogP contribution >= 0.6 is 24.0 Å². The van der Waals surface area contributed by atoms with E-state index in [1.54, 1.807) is 4.90 Å². The lowest BCUT2D eigenvalue weighted by Crippen LogP contribution is -2.41. The Labute approximate surface area is 119 Å². The van der Waals surface area contributed by atoms with Crippen molar-refractivity contribution in [2.75, 3.05) is 13.6 Å². The predicted molar refractivity (Wildman–Crippen MR) is 76.2 cm³/mol. The average molecular weight is 289 g/mol. The number of hydrogen-bond acceptors (Lipinski definition) is 2. The first-order valence-corrected chi connectivity index (χ1v) is 6.27. The summed E-state index contributed by atoms with van der Waals surface area (Å²) in [5.41, 5.74) is 1.10. The highest BCUT2D eigenvalue weighted by molar-refractivity contribution is 6.30. The van der Waals surface area contributed by atoms with Gasteiger partial charge in [-0.25, -0.2) is 0 Å². The van der Waals surface area contributed by atoms with E-state index in [9.17, 15) is 4.79 Å². The first-order chi connectivity index (χ1) is 8.16. The second kappa shape index (κ2) is 6.98. The molecule has 2 rings (SSSR count). The zero-order chi connectivity index (χ0) is 12.3. The predicted octanol–water partition coefficient (Wildman–Crippen LogP) is 2.47. The third-order valence-electron chi connectivity index (χ3n) is 3.07. The fraction of sp³-hybridized carbons (Fsp3) is 0.462. The lowest BCUT2D eigenvalue weighted by molar-refractivity contribution is -0.132. The van der Waals surface area contributed by atoms with Crippen molar-refractivity contribution in [2.24, 2.45) is 0 Å². The highest BCUT2D eigenvalue weighted by atomic mass is 35.5. The number of nitrogens with one attached hydrogen (secondary N) is 1. The van der Waals surface area contributed by atoms with Crippen LogP contribution in [0, 0.1) is 0 Å². The Morgan fingerprint density at radius 1 is 1.44 bits per heavy atom. The van der Waals surface area contributed by atoms with Crippen LogP contribution in [0.4, 0.5) is 0 Å². The molecule has 1 heterocycles. The van der Waals surface area contributed by atoms with Crippen molar-refractivity contribution in [3.05, 3.63) is 34.9 Å². The van der Waals surface area contributed by atoms with Gasteiger partial charge in [0.15, 0.2) is 0 Å². The van der Waals surface area contributed by atoms with Gasteiger partial charge < -0.3 is 10.2 Å². The number of hydrogen-bond donors (Lipinski definition) is 1. The molecule has 1 atom stereocenters. The molecule has 0 radical (unpaired) electrons. The number of nitrogens with zero attached hydrogens (tertiary/aromatic N) is 1. The summed E-state index contributed by atoms with van der Waals surface area (Å²) in [4.78, 5) is 13.8. The van der Waals surface area contributed by atoms with Gasteiger partial charge in [-0.2, -0.15) is 0 Å². The average Bonchev–Trinajstić information content (AvgIpc) is 2.84. The van der Waals surface area contributed by atoms with Crippen molar-refractivity contribution >= 4 is 29.9 Å². The smallest absolute Gasteiger partial charge is 0.239 e. The van der Waals surface area contributed by atoms with Crippen LogP contribution in [0.15, 0.2) is 24.3 Å². The third-order valence-corrected chi connectivity index (χ3v) is 3.32. The summed E-state index contributed by atoms with van der Waals surface area (Å²) in [5, 5.41) is 3.94. The molecule has 1 aliphatic rings. The van der Waals surface area contributed by atoms with E-state index >= 15 is 0 Å². The van der Waals surface area contributed by atoms with E-state index < -0.39 is 0 Å². The van der Waals surface area contributed by atoms with Crippen molar-refractivity contribution in [1.29, 1.82) is 0 Å². The van der Waals surface area contributed by atoms with Crippen LogP contribution in [0.25, 0.3) is 0 Å². The quantitative estimate of drug-likeness (QED) is 0.927. The van der Waals surface area contributed by atoms with Crippen molar-refractivity contribution in [1.82, 2.24) is 10.2 Å². The summed E-state index contributed by atoms with van der Waals surface area (Å²) in [6.07, 6.45) is 2.04. The molecule has 3 nitrogen and oxygen atoms in total. The van der Waals surface area contributed by atoms with Crippen LogP contribution in [0.2, 0.25) is 5.02 Å². The maximum atomic E-state index is 12.1. The summed E-state index contributed by atoms with van der Waals surface area (Å²) in [7, 11) is 1.84. The molecule has 5 heteroatoms. The van der Waals surface area contributed by atoms with Gasteiger partial charge in [0.1, 0.15) is 0 Å². The number of amides is 1. The normalized spacial score (nSPS) is 18.2. The maximum Gasteiger partial charge on any atom is 0.239 e. The van der Waals surface area contributed by atoms with Crippen molar-refractivity contribution < 1.29 is 4.79 Å². The number of benzene rings is 1. The second-order valence-corrected chi connectivity index (χ2v) is 4.91. The third kappa shape index (κ3) is 3.87. The Morgan fingerprint density at radius 2 is 2.11 bits per heavy atom. The first-order valence-electron chi connectivity index (χ1n) is 5.89.